The number of nitrogens with one attached hydrogen (secondary N) is 1. The van der Waals surface area contributed by atoms with E-state index in [1.165, 1.54) is 6.92 Å². The lowest BCUT2D eigenvalue weighted by molar-refractivity contribution is 0.0661. The van der Waals surface area contributed by atoms with E-state index in [2.05, 4.69) is 4.72 Å². The van der Waals surface area contributed by atoms with Gasteiger partial charge in [0.05, 0.1) is 0 Å². The zero-order chi connectivity index (χ0) is 14.8. The van der Waals surface area contributed by atoms with Crippen LogP contribution in [0.5, 0.6) is 0 Å². The molecule has 2 aromatic heterocycles. The lowest BCUT2D eigenvalue weighted by Crippen LogP contribution is -2.26. The van der Waals surface area contributed by atoms with Gasteiger partial charge in [-0.25, -0.2) is 17.9 Å². The Morgan fingerprint density at radius 2 is 2.25 bits per heavy atom. The molecule has 0 atom stereocenters. The molecule has 20 heavy (non-hydrogen) atoms. The summed E-state index contributed by atoms with van der Waals surface area (Å²) in [6.45, 7) is 1.66. The molecule has 0 saturated heterocycles. The highest BCUT2D eigenvalue weighted by atomic mass is 32.2. The van der Waals surface area contributed by atoms with E-state index >= 15 is 0 Å². The van der Waals surface area contributed by atoms with Crippen LogP contribution in [0.25, 0.3) is 0 Å². The van der Waals surface area contributed by atoms with Gasteiger partial charge in [-0.3, -0.25) is 0 Å². The summed E-state index contributed by atoms with van der Waals surface area (Å²) in [4.78, 5) is 10.6. The van der Waals surface area contributed by atoms with Gasteiger partial charge in [-0.2, -0.15) is 11.3 Å². The van der Waals surface area contributed by atoms with Gasteiger partial charge in [-0.1, -0.05) is 0 Å². The summed E-state index contributed by atoms with van der Waals surface area (Å²) in [6, 6.07) is 2.94. The van der Waals surface area contributed by atoms with E-state index in [9.17, 15) is 13.2 Å². The molecular formula is C12H13NO5S2. The van der Waals surface area contributed by atoms with Crippen LogP contribution in [0.3, 0.4) is 0 Å². The Bertz CT molecular complexity index is 700. The fraction of sp³-hybridized carbons (Fsp3) is 0.250. The van der Waals surface area contributed by atoms with Crippen LogP contribution in [0.2, 0.25) is 0 Å². The number of carbonyl (C=O) groups is 1. The molecule has 0 saturated carbocycles. The van der Waals surface area contributed by atoms with Crippen molar-refractivity contribution in [3.05, 3.63) is 40.0 Å². The summed E-state index contributed by atoms with van der Waals surface area (Å²) in [5.74, 6) is -1.63. The Kier molecular flexibility index (Phi) is 4.26. The van der Waals surface area contributed by atoms with E-state index < -0.39 is 16.0 Å². The zero-order valence-corrected chi connectivity index (χ0v) is 12.3. The van der Waals surface area contributed by atoms with Gasteiger partial charge < -0.3 is 9.52 Å². The molecule has 8 heteroatoms. The number of rotatable bonds is 6. The molecule has 0 unspecified atom stereocenters. The smallest absolute Gasteiger partial charge is 0.371 e. The minimum absolute atomic E-state index is 0.0606. The zero-order valence-electron chi connectivity index (χ0n) is 10.6. The number of thiophene rings is 1. The Morgan fingerprint density at radius 3 is 2.80 bits per heavy atom. The molecule has 0 bridgehead atoms. The Balaban J connectivity index is 2.08. The lowest BCUT2D eigenvalue weighted by Gasteiger charge is -2.04. The number of carboxylic acids is 1. The predicted octanol–water partition coefficient (Wildman–Crippen LogP) is 1.87. The second-order valence-corrected chi connectivity index (χ2v) is 6.63. The average Bonchev–Trinajstić information content (AvgIpc) is 2.98. The summed E-state index contributed by atoms with van der Waals surface area (Å²) in [5.41, 5.74) is 1.05. The van der Waals surface area contributed by atoms with Crippen LogP contribution in [-0.2, 0) is 16.4 Å². The third-order valence-electron chi connectivity index (χ3n) is 2.66. The number of hydrogen-bond donors (Lipinski definition) is 2. The summed E-state index contributed by atoms with van der Waals surface area (Å²) in [5, 5.41) is 12.6. The van der Waals surface area contributed by atoms with Crippen LogP contribution in [0.15, 0.2) is 32.2 Å². The van der Waals surface area contributed by atoms with E-state index in [4.69, 9.17) is 9.52 Å². The summed E-state index contributed by atoms with van der Waals surface area (Å²) in [6.07, 6.45) is 0.575. The highest BCUT2D eigenvalue weighted by Gasteiger charge is 2.23. The molecule has 0 aromatic carbocycles. The van der Waals surface area contributed by atoms with Crippen molar-refractivity contribution in [1.82, 2.24) is 4.72 Å². The van der Waals surface area contributed by atoms with Gasteiger partial charge >= 0.3 is 5.97 Å². The first-order valence-corrected chi connectivity index (χ1v) is 8.17. The van der Waals surface area contributed by atoms with Crippen molar-refractivity contribution >= 4 is 27.3 Å². The lowest BCUT2D eigenvalue weighted by atomic mass is 10.2. The van der Waals surface area contributed by atoms with Gasteiger partial charge in [0.15, 0.2) is 0 Å². The summed E-state index contributed by atoms with van der Waals surface area (Å²) < 4.78 is 31.4. The van der Waals surface area contributed by atoms with Crippen LogP contribution in [0.1, 0.15) is 21.9 Å². The Hall–Kier alpha value is -1.64. The van der Waals surface area contributed by atoms with Crippen LogP contribution in [0, 0.1) is 6.92 Å². The van der Waals surface area contributed by atoms with Crippen molar-refractivity contribution < 1.29 is 22.7 Å². The molecule has 0 aliphatic heterocycles. The van der Waals surface area contributed by atoms with Gasteiger partial charge in [0.2, 0.25) is 15.8 Å². The molecule has 0 radical (unpaired) electrons. The van der Waals surface area contributed by atoms with E-state index in [0.717, 1.165) is 11.6 Å². The molecule has 0 aliphatic carbocycles. The molecule has 0 amide bonds. The van der Waals surface area contributed by atoms with E-state index in [0.29, 0.717) is 6.42 Å². The summed E-state index contributed by atoms with van der Waals surface area (Å²) in [7, 11) is -3.76. The first-order chi connectivity index (χ1) is 9.40. The quantitative estimate of drug-likeness (QED) is 0.848. The molecule has 2 aromatic rings. The minimum atomic E-state index is -3.76. The number of sulfonamides is 1. The van der Waals surface area contributed by atoms with Gasteiger partial charge in [0, 0.05) is 12.6 Å². The van der Waals surface area contributed by atoms with Crippen molar-refractivity contribution in [2.24, 2.45) is 0 Å². The van der Waals surface area contributed by atoms with Crippen LogP contribution in [0.4, 0.5) is 0 Å². The second-order valence-electron chi connectivity index (χ2n) is 4.12. The first kappa shape index (κ1) is 14.8. The number of aryl methyl sites for hydroxylation is 1. The minimum Gasteiger partial charge on any atom is -0.475 e. The normalized spacial score (nSPS) is 11.7. The Morgan fingerprint density at radius 1 is 1.50 bits per heavy atom. The SMILES string of the molecule is Cc1oc(C(=O)O)cc1S(=O)(=O)NCCc1ccsc1. The van der Waals surface area contributed by atoms with Gasteiger partial charge in [0.25, 0.3) is 0 Å². The van der Waals surface area contributed by atoms with Gasteiger partial charge in [0.1, 0.15) is 10.7 Å². The largest absolute Gasteiger partial charge is 0.475 e. The fourth-order valence-electron chi connectivity index (χ4n) is 1.68. The van der Waals surface area contributed by atoms with Crippen molar-refractivity contribution in [3.8, 4) is 0 Å². The number of furan rings is 1. The second kappa shape index (κ2) is 5.78. The molecule has 0 fully saturated rings. The molecular weight excluding hydrogens is 302 g/mol. The van der Waals surface area contributed by atoms with Crippen LogP contribution >= 0.6 is 11.3 Å². The number of hydrogen-bond acceptors (Lipinski definition) is 5. The van der Waals surface area contributed by atoms with Gasteiger partial charge in [-0.15, -0.1) is 0 Å². The van der Waals surface area contributed by atoms with E-state index in [1.807, 2.05) is 16.8 Å². The van der Waals surface area contributed by atoms with Crippen molar-refractivity contribution in [1.29, 1.82) is 0 Å². The monoisotopic (exact) mass is 315 g/mol. The maximum absolute atomic E-state index is 12.1. The molecule has 0 spiro atoms. The number of aromatic carboxylic acids is 1. The molecule has 2 N–H and O–H groups in total. The average molecular weight is 315 g/mol. The summed E-state index contributed by atoms with van der Waals surface area (Å²) >= 11 is 1.55. The van der Waals surface area contributed by atoms with E-state index in [1.54, 1.807) is 11.3 Å². The molecule has 2 heterocycles. The van der Waals surface area contributed by atoms with Crippen molar-refractivity contribution in [3.63, 3.8) is 0 Å². The highest BCUT2D eigenvalue weighted by Crippen LogP contribution is 2.19. The van der Waals surface area contributed by atoms with Crippen molar-refractivity contribution in [2.75, 3.05) is 6.54 Å². The molecule has 108 valence electrons. The molecule has 0 aliphatic rings. The topological polar surface area (TPSA) is 96.6 Å². The fourth-order valence-corrected chi connectivity index (χ4v) is 3.59. The third-order valence-corrected chi connectivity index (χ3v) is 4.96. The standard InChI is InChI=1S/C12H13NO5S2/c1-8-11(6-10(18-8)12(14)15)20(16,17)13-4-2-9-3-5-19-7-9/h3,5-7,13H,2,4H2,1H3,(H,14,15). The van der Waals surface area contributed by atoms with Gasteiger partial charge in [-0.05, 0) is 35.7 Å². The first-order valence-electron chi connectivity index (χ1n) is 5.74. The predicted molar refractivity (Wildman–Crippen MR) is 73.6 cm³/mol. The van der Waals surface area contributed by atoms with E-state index in [-0.39, 0.29) is 23.0 Å². The van der Waals surface area contributed by atoms with Crippen LogP contribution < -0.4 is 4.72 Å². The Labute approximate surface area is 120 Å². The van der Waals surface area contributed by atoms with Crippen molar-refractivity contribution in [2.45, 2.75) is 18.2 Å². The maximum atomic E-state index is 12.1. The van der Waals surface area contributed by atoms with Crippen LogP contribution in [-0.4, -0.2) is 26.0 Å². The maximum Gasteiger partial charge on any atom is 0.371 e. The third kappa shape index (κ3) is 3.27. The number of carboxylic acid groups (broad SMARTS) is 1. The molecule has 2 rings (SSSR count). The molecule has 6 nitrogen and oxygen atoms in total. The highest BCUT2D eigenvalue weighted by molar-refractivity contribution is 7.89.